The summed E-state index contributed by atoms with van der Waals surface area (Å²) in [7, 11) is 1.10. The fraction of sp³-hybridized carbons (Fsp3) is 0.500. The number of hydrogen-bond acceptors (Lipinski definition) is 2. The highest BCUT2D eigenvalue weighted by Gasteiger charge is 2.31. The summed E-state index contributed by atoms with van der Waals surface area (Å²) in [6.07, 6.45) is -0.441. The highest BCUT2D eigenvalue weighted by Crippen LogP contribution is 2.30. The Labute approximate surface area is 136 Å². The number of imidazole rings is 1. The van der Waals surface area contributed by atoms with E-state index in [2.05, 4.69) is 4.98 Å². The van der Waals surface area contributed by atoms with E-state index in [9.17, 15) is 22.8 Å². The molecule has 5 nitrogen and oxygen atoms in total. The Balaban J connectivity index is 1.92. The first-order chi connectivity index (χ1) is 11.3. The van der Waals surface area contributed by atoms with Gasteiger partial charge in [-0.1, -0.05) is 12.8 Å². The summed E-state index contributed by atoms with van der Waals surface area (Å²) >= 11 is 0. The van der Waals surface area contributed by atoms with Crippen LogP contribution in [-0.2, 0) is 0 Å². The number of H-pyrrole nitrogens is 1. The molecule has 0 atom stereocenters. The van der Waals surface area contributed by atoms with Crippen molar-refractivity contribution >= 4 is 16.9 Å². The second-order valence-corrected chi connectivity index (χ2v) is 6.25. The van der Waals surface area contributed by atoms with Crippen molar-refractivity contribution in [3.05, 3.63) is 34.2 Å². The molecular formula is C16H18F3N3O2. The van der Waals surface area contributed by atoms with Crippen LogP contribution in [-0.4, -0.2) is 40.1 Å². The van der Waals surface area contributed by atoms with Gasteiger partial charge in [0.25, 0.3) is 5.91 Å². The minimum absolute atomic E-state index is 0.120. The number of aromatic amines is 1. The summed E-state index contributed by atoms with van der Waals surface area (Å²) in [6, 6.07) is 4.68. The molecule has 1 aromatic heterocycles. The van der Waals surface area contributed by atoms with E-state index >= 15 is 0 Å². The number of alkyl halides is 3. The largest absolute Gasteiger partial charge is 0.406 e. The lowest BCUT2D eigenvalue weighted by atomic mass is 10.1. The van der Waals surface area contributed by atoms with Crippen LogP contribution in [0.15, 0.2) is 23.0 Å². The third-order valence-corrected chi connectivity index (χ3v) is 4.42. The maximum absolute atomic E-state index is 12.4. The van der Waals surface area contributed by atoms with E-state index in [0.29, 0.717) is 15.9 Å². The number of amides is 1. The number of carbonyl (C=O) groups excluding carboxylic acids is 1. The third kappa shape index (κ3) is 3.18. The molecule has 1 aromatic carbocycles. The molecule has 0 unspecified atom stereocenters. The average Bonchev–Trinajstić information content (AvgIpc) is 3.09. The summed E-state index contributed by atoms with van der Waals surface area (Å²) in [5.41, 5.74) is 1.03. The Kier molecular flexibility index (Phi) is 4.15. The topological polar surface area (TPSA) is 58.1 Å². The zero-order chi connectivity index (χ0) is 17.5. The summed E-state index contributed by atoms with van der Waals surface area (Å²) in [5, 5.41) is 0. The van der Waals surface area contributed by atoms with Gasteiger partial charge in [-0.25, -0.2) is 4.79 Å². The van der Waals surface area contributed by atoms with Crippen LogP contribution in [0.5, 0.6) is 0 Å². The number of halogens is 3. The molecule has 1 aliphatic carbocycles. The van der Waals surface area contributed by atoms with E-state index in [4.69, 9.17) is 0 Å². The average molecular weight is 341 g/mol. The van der Waals surface area contributed by atoms with Crippen molar-refractivity contribution in [3.63, 3.8) is 0 Å². The third-order valence-electron chi connectivity index (χ3n) is 4.42. The molecule has 1 amide bonds. The Hall–Kier alpha value is -2.25. The van der Waals surface area contributed by atoms with Crippen molar-refractivity contribution in [1.82, 2.24) is 14.5 Å². The summed E-state index contributed by atoms with van der Waals surface area (Å²) < 4.78 is 38.9. The summed E-state index contributed by atoms with van der Waals surface area (Å²) in [4.78, 5) is 27.7. The van der Waals surface area contributed by atoms with Gasteiger partial charge in [0.05, 0.1) is 11.0 Å². The monoisotopic (exact) mass is 341 g/mol. The van der Waals surface area contributed by atoms with Gasteiger partial charge in [0.15, 0.2) is 0 Å². The van der Waals surface area contributed by atoms with E-state index in [1.807, 2.05) is 0 Å². The predicted octanol–water partition coefficient (Wildman–Crippen LogP) is 3.08. The molecule has 0 aliphatic heterocycles. The first-order valence-electron chi connectivity index (χ1n) is 7.83. The molecular weight excluding hydrogens is 323 g/mol. The Morgan fingerprint density at radius 1 is 1.33 bits per heavy atom. The molecule has 2 aromatic rings. The minimum atomic E-state index is -4.45. The van der Waals surface area contributed by atoms with Gasteiger partial charge in [0.2, 0.25) is 0 Å². The van der Waals surface area contributed by atoms with Crippen molar-refractivity contribution in [3.8, 4) is 0 Å². The molecule has 1 saturated carbocycles. The molecule has 3 rings (SSSR count). The maximum atomic E-state index is 12.4. The number of hydrogen-bond donors (Lipinski definition) is 1. The number of nitrogens with zero attached hydrogens (tertiary/aromatic N) is 2. The zero-order valence-corrected chi connectivity index (χ0v) is 13.2. The summed E-state index contributed by atoms with van der Waals surface area (Å²) in [6.45, 7) is -1.32. The van der Waals surface area contributed by atoms with Crippen LogP contribution in [0.3, 0.4) is 0 Å². The van der Waals surface area contributed by atoms with Crippen molar-refractivity contribution in [2.75, 3.05) is 13.6 Å². The fourth-order valence-electron chi connectivity index (χ4n) is 3.35. The lowest BCUT2D eigenvalue weighted by molar-refractivity contribution is -0.138. The molecule has 1 aliphatic rings. The first kappa shape index (κ1) is 16.6. The lowest BCUT2D eigenvalue weighted by Gasteiger charge is -2.19. The quantitative estimate of drug-likeness (QED) is 0.933. The van der Waals surface area contributed by atoms with Gasteiger partial charge in [-0.05, 0) is 31.0 Å². The number of fused-ring (bicyclic) bond motifs is 1. The molecule has 0 spiro atoms. The van der Waals surface area contributed by atoms with Crippen LogP contribution in [0.4, 0.5) is 13.2 Å². The van der Waals surface area contributed by atoms with Crippen LogP contribution in [0.1, 0.15) is 42.1 Å². The van der Waals surface area contributed by atoms with Gasteiger partial charge in [-0.3, -0.25) is 9.36 Å². The number of carbonyl (C=O) groups is 1. The molecule has 1 fully saturated rings. The Morgan fingerprint density at radius 2 is 2.00 bits per heavy atom. The molecule has 0 radical (unpaired) electrons. The molecule has 24 heavy (non-hydrogen) atoms. The van der Waals surface area contributed by atoms with Gasteiger partial charge in [-0.15, -0.1) is 0 Å². The van der Waals surface area contributed by atoms with E-state index in [-0.39, 0.29) is 17.3 Å². The van der Waals surface area contributed by atoms with E-state index in [1.165, 1.54) is 12.1 Å². The Bertz CT molecular complexity index is 816. The molecule has 0 saturated heterocycles. The van der Waals surface area contributed by atoms with Crippen molar-refractivity contribution < 1.29 is 18.0 Å². The van der Waals surface area contributed by atoms with Crippen LogP contribution in [0.25, 0.3) is 11.0 Å². The second-order valence-electron chi connectivity index (χ2n) is 6.25. The standard InChI is InChI=1S/C16H18F3N3O2/c1-21(9-16(17,18)19)14(23)10-6-7-13-12(8-10)20-15(24)22(13)11-4-2-3-5-11/h6-8,11H,2-5,9H2,1H3,(H,20,24). The lowest BCUT2D eigenvalue weighted by Crippen LogP contribution is -2.35. The Morgan fingerprint density at radius 3 is 2.62 bits per heavy atom. The van der Waals surface area contributed by atoms with Crippen molar-refractivity contribution in [1.29, 1.82) is 0 Å². The molecule has 8 heteroatoms. The van der Waals surface area contributed by atoms with Gasteiger partial charge < -0.3 is 9.88 Å². The molecule has 1 N–H and O–H groups in total. The molecule has 0 bridgehead atoms. The van der Waals surface area contributed by atoms with Gasteiger partial charge in [0, 0.05) is 18.7 Å². The summed E-state index contributed by atoms with van der Waals surface area (Å²) in [5.74, 6) is -0.733. The number of benzene rings is 1. The second kappa shape index (κ2) is 5.99. The minimum Gasteiger partial charge on any atom is -0.333 e. The fourth-order valence-corrected chi connectivity index (χ4v) is 3.35. The van der Waals surface area contributed by atoms with Crippen molar-refractivity contribution in [2.45, 2.75) is 37.9 Å². The highest BCUT2D eigenvalue weighted by atomic mass is 19.4. The highest BCUT2D eigenvalue weighted by molar-refractivity contribution is 5.97. The van der Waals surface area contributed by atoms with Crippen LogP contribution in [0.2, 0.25) is 0 Å². The number of rotatable bonds is 3. The smallest absolute Gasteiger partial charge is 0.333 e. The predicted molar refractivity (Wildman–Crippen MR) is 83.1 cm³/mol. The van der Waals surface area contributed by atoms with E-state index < -0.39 is 18.6 Å². The van der Waals surface area contributed by atoms with E-state index in [1.54, 1.807) is 10.6 Å². The molecule has 1 heterocycles. The first-order valence-corrected chi connectivity index (χ1v) is 7.83. The van der Waals surface area contributed by atoms with Crippen LogP contribution >= 0.6 is 0 Å². The van der Waals surface area contributed by atoms with Crippen LogP contribution < -0.4 is 5.69 Å². The maximum Gasteiger partial charge on any atom is 0.406 e. The number of aromatic nitrogens is 2. The van der Waals surface area contributed by atoms with Gasteiger partial charge in [0.1, 0.15) is 6.54 Å². The van der Waals surface area contributed by atoms with Crippen molar-refractivity contribution in [2.24, 2.45) is 0 Å². The van der Waals surface area contributed by atoms with Crippen LogP contribution in [0, 0.1) is 0 Å². The number of nitrogens with one attached hydrogen (secondary N) is 1. The zero-order valence-electron chi connectivity index (χ0n) is 13.2. The SMILES string of the molecule is CN(CC(F)(F)F)C(=O)c1ccc2c(c1)[nH]c(=O)n2C1CCCC1. The molecule has 130 valence electrons. The van der Waals surface area contributed by atoms with Gasteiger partial charge in [-0.2, -0.15) is 13.2 Å². The van der Waals surface area contributed by atoms with E-state index in [0.717, 1.165) is 32.7 Å². The van der Waals surface area contributed by atoms with Gasteiger partial charge >= 0.3 is 11.9 Å². The normalized spacial score (nSPS) is 16.0.